The van der Waals surface area contributed by atoms with Crippen molar-refractivity contribution in [3.8, 4) is 0 Å². The number of nitro groups is 1. The van der Waals surface area contributed by atoms with Crippen LogP contribution in [0.25, 0.3) is 23.1 Å². The van der Waals surface area contributed by atoms with E-state index >= 15 is 0 Å². The van der Waals surface area contributed by atoms with Crippen LogP contribution in [0.15, 0.2) is 48.5 Å². The zero-order valence-electron chi connectivity index (χ0n) is 12.4. The molecule has 1 heterocycles. The van der Waals surface area contributed by atoms with E-state index in [1.807, 2.05) is 43.3 Å². The number of hydrogen-bond donors (Lipinski definition) is 0. The van der Waals surface area contributed by atoms with E-state index in [-0.39, 0.29) is 5.69 Å². The lowest BCUT2D eigenvalue weighted by Gasteiger charge is -2.04. The van der Waals surface area contributed by atoms with Gasteiger partial charge in [-0.3, -0.25) is 10.1 Å². The van der Waals surface area contributed by atoms with Crippen LogP contribution < -0.4 is 0 Å². The first-order chi connectivity index (χ1) is 11.0. The van der Waals surface area contributed by atoms with Gasteiger partial charge < -0.3 is 0 Å². The van der Waals surface area contributed by atoms with E-state index < -0.39 is 4.92 Å². The molecule has 5 heteroatoms. The normalized spacial score (nSPS) is 11.2. The number of nitro benzene ring substituents is 1. The van der Waals surface area contributed by atoms with Gasteiger partial charge in [-0.1, -0.05) is 47.5 Å². The summed E-state index contributed by atoms with van der Waals surface area (Å²) in [5.41, 5.74) is 3.71. The maximum Gasteiger partial charge on any atom is 0.270 e. The number of non-ortho nitro benzene ring substituents is 1. The van der Waals surface area contributed by atoms with Crippen LogP contribution in [0.3, 0.4) is 0 Å². The van der Waals surface area contributed by atoms with Crippen molar-refractivity contribution in [2.45, 2.75) is 6.92 Å². The van der Waals surface area contributed by atoms with Gasteiger partial charge in [0.15, 0.2) is 0 Å². The minimum atomic E-state index is -0.403. The summed E-state index contributed by atoms with van der Waals surface area (Å²) in [6.45, 7) is 2.02. The molecular weight excluding hydrogens is 312 g/mol. The quantitative estimate of drug-likeness (QED) is 0.374. The minimum Gasteiger partial charge on any atom is -0.258 e. The Morgan fingerprint density at radius 1 is 1.13 bits per heavy atom. The van der Waals surface area contributed by atoms with Crippen molar-refractivity contribution in [1.82, 2.24) is 4.98 Å². The molecule has 0 saturated carbocycles. The lowest BCUT2D eigenvalue weighted by atomic mass is 10.1. The standard InChI is InChI=1S/C18H13ClN2O2/c1-12-5-8-17-16(9-12)14(11-18(19)20-17)7-6-13-3-2-4-15(10-13)21(22)23/h2-11H,1H3. The van der Waals surface area contributed by atoms with Gasteiger partial charge in [0.2, 0.25) is 0 Å². The summed E-state index contributed by atoms with van der Waals surface area (Å²) in [6, 6.07) is 14.2. The highest BCUT2D eigenvalue weighted by Gasteiger charge is 2.05. The number of rotatable bonds is 3. The molecule has 1 aromatic heterocycles. The summed E-state index contributed by atoms with van der Waals surface area (Å²) < 4.78 is 0. The van der Waals surface area contributed by atoms with Gasteiger partial charge in [0, 0.05) is 17.5 Å². The maximum absolute atomic E-state index is 10.8. The number of hydrogen-bond acceptors (Lipinski definition) is 3. The average molecular weight is 325 g/mol. The summed E-state index contributed by atoms with van der Waals surface area (Å²) in [7, 11) is 0. The van der Waals surface area contributed by atoms with Crippen LogP contribution in [0.1, 0.15) is 16.7 Å². The minimum absolute atomic E-state index is 0.0700. The number of aromatic nitrogens is 1. The third-order valence-corrected chi connectivity index (χ3v) is 3.69. The highest BCUT2D eigenvalue weighted by molar-refractivity contribution is 6.30. The maximum atomic E-state index is 10.8. The molecule has 0 spiro atoms. The molecule has 3 rings (SSSR count). The molecule has 3 aromatic rings. The van der Waals surface area contributed by atoms with Crippen LogP contribution in [0.5, 0.6) is 0 Å². The molecule has 0 aliphatic carbocycles. The molecule has 0 aliphatic heterocycles. The second-order valence-electron chi connectivity index (χ2n) is 5.24. The monoisotopic (exact) mass is 324 g/mol. The summed E-state index contributed by atoms with van der Waals surface area (Å²) >= 11 is 6.08. The number of halogens is 1. The molecule has 0 N–H and O–H groups in total. The smallest absolute Gasteiger partial charge is 0.258 e. The number of nitrogens with zero attached hydrogens (tertiary/aromatic N) is 2. The van der Waals surface area contributed by atoms with Gasteiger partial charge >= 0.3 is 0 Å². The molecule has 4 nitrogen and oxygen atoms in total. The van der Waals surface area contributed by atoms with Crippen molar-refractivity contribution in [2.24, 2.45) is 0 Å². The van der Waals surface area contributed by atoms with E-state index in [1.165, 1.54) is 12.1 Å². The fraction of sp³-hybridized carbons (Fsp3) is 0.0556. The Bertz CT molecular complexity index is 935. The van der Waals surface area contributed by atoms with Crippen molar-refractivity contribution in [1.29, 1.82) is 0 Å². The molecule has 0 fully saturated rings. The van der Waals surface area contributed by atoms with E-state index in [2.05, 4.69) is 4.98 Å². The van der Waals surface area contributed by atoms with Crippen molar-refractivity contribution in [2.75, 3.05) is 0 Å². The van der Waals surface area contributed by atoms with Crippen molar-refractivity contribution < 1.29 is 4.92 Å². The Morgan fingerprint density at radius 3 is 2.74 bits per heavy atom. The van der Waals surface area contributed by atoms with Gasteiger partial charge in [-0.2, -0.15) is 0 Å². The first-order valence-electron chi connectivity index (χ1n) is 7.02. The third kappa shape index (κ3) is 3.38. The predicted octanol–water partition coefficient (Wildman–Crippen LogP) is 5.28. The number of fused-ring (bicyclic) bond motifs is 1. The third-order valence-electron chi connectivity index (χ3n) is 3.50. The molecule has 0 saturated heterocycles. The van der Waals surface area contributed by atoms with Gasteiger partial charge in [0.25, 0.3) is 5.69 Å². The molecule has 0 unspecified atom stereocenters. The van der Waals surface area contributed by atoms with Crippen molar-refractivity contribution >= 4 is 40.3 Å². The Hall–Kier alpha value is -2.72. The van der Waals surface area contributed by atoms with E-state index in [4.69, 9.17) is 11.6 Å². The number of benzene rings is 2. The fourth-order valence-electron chi connectivity index (χ4n) is 2.40. The summed E-state index contributed by atoms with van der Waals surface area (Å²) in [6.07, 6.45) is 3.73. The van der Waals surface area contributed by atoms with Crippen molar-refractivity contribution in [3.63, 3.8) is 0 Å². The zero-order valence-corrected chi connectivity index (χ0v) is 13.1. The van der Waals surface area contributed by atoms with Gasteiger partial charge in [-0.05, 0) is 36.2 Å². The molecular formula is C18H13ClN2O2. The lowest BCUT2D eigenvalue weighted by Crippen LogP contribution is -1.88. The highest BCUT2D eigenvalue weighted by atomic mass is 35.5. The van der Waals surface area contributed by atoms with Crippen LogP contribution in [-0.2, 0) is 0 Å². The van der Waals surface area contributed by atoms with Gasteiger partial charge in [-0.15, -0.1) is 0 Å². The van der Waals surface area contributed by atoms with E-state index in [9.17, 15) is 10.1 Å². The van der Waals surface area contributed by atoms with Crippen LogP contribution in [-0.4, -0.2) is 9.91 Å². The molecule has 0 radical (unpaired) electrons. The largest absolute Gasteiger partial charge is 0.270 e. The Labute approximate surface area is 138 Å². The molecule has 114 valence electrons. The van der Waals surface area contributed by atoms with E-state index in [0.717, 1.165) is 27.6 Å². The molecule has 0 aliphatic rings. The predicted molar refractivity (Wildman–Crippen MR) is 93.5 cm³/mol. The molecule has 2 aromatic carbocycles. The van der Waals surface area contributed by atoms with Gasteiger partial charge in [0.05, 0.1) is 10.4 Å². The first kappa shape index (κ1) is 15.2. The lowest BCUT2D eigenvalue weighted by molar-refractivity contribution is -0.384. The number of pyridine rings is 1. The summed E-state index contributed by atoms with van der Waals surface area (Å²) in [5, 5.41) is 12.3. The topological polar surface area (TPSA) is 56.0 Å². The van der Waals surface area contributed by atoms with E-state index in [0.29, 0.717) is 5.15 Å². The number of aryl methyl sites for hydroxylation is 1. The van der Waals surface area contributed by atoms with Crippen LogP contribution in [0, 0.1) is 17.0 Å². The Kier molecular flexibility index (Phi) is 4.08. The Morgan fingerprint density at radius 2 is 1.96 bits per heavy atom. The summed E-state index contributed by atoms with van der Waals surface area (Å²) in [5.74, 6) is 0. The van der Waals surface area contributed by atoms with Gasteiger partial charge in [0.1, 0.15) is 5.15 Å². The van der Waals surface area contributed by atoms with E-state index in [1.54, 1.807) is 12.1 Å². The average Bonchev–Trinajstić information content (AvgIpc) is 2.53. The second kappa shape index (κ2) is 6.18. The summed E-state index contributed by atoms with van der Waals surface area (Å²) in [4.78, 5) is 14.7. The van der Waals surface area contributed by atoms with Crippen molar-refractivity contribution in [3.05, 3.63) is 80.5 Å². The first-order valence-corrected chi connectivity index (χ1v) is 7.40. The van der Waals surface area contributed by atoms with Crippen LogP contribution in [0.4, 0.5) is 5.69 Å². The highest BCUT2D eigenvalue weighted by Crippen LogP contribution is 2.24. The molecule has 23 heavy (non-hydrogen) atoms. The molecule has 0 bridgehead atoms. The fourth-order valence-corrected chi connectivity index (χ4v) is 2.61. The second-order valence-corrected chi connectivity index (χ2v) is 5.63. The van der Waals surface area contributed by atoms with Crippen LogP contribution >= 0.6 is 11.6 Å². The van der Waals surface area contributed by atoms with Gasteiger partial charge in [-0.25, -0.2) is 4.98 Å². The molecule has 0 atom stereocenters. The van der Waals surface area contributed by atoms with Crippen LogP contribution in [0.2, 0.25) is 5.15 Å². The zero-order chi connectivity index (χ0) is 16.4. The SMILES string of the molecule is Cc1ccc2nc(Cl)cc(C=Cc3cccc([N+](=O)[O-])c3)c2c1. The Balaban J connectivity index is 2.05. The molecule has 0 amide bonds.